The minimum Gasteiger partial charge on any atom is -0.497 e. The fourth-order valence-electron chi connectivity index (χ4n) is 2.44. The lowest BCUT2D eigenvalue weighted by Gasteiger charge is -2.20. The Labute approximate surface area is 141 Å². The number of carbonyl (C=O) groups is 2. The molecule has 0 saturated carbocycles. The zero-order chi connectivity index (χ0) is 17.5. The van der Waals surface area contributed by atoms with Gasteiger partial charge in [-0.2, -0.15) is 0 Å². The molecule has 0 unspecified atom stereocenters. The molecule has 0 aliphatic rings. The Morgan fingerprint density at radius 2 is 1.71 bits per heavy atom. The third-order valence-corrected chi connectivity index (χ3v) is 3.85. The van der Waals surface area contributed by atoms with Gasteiger partial charge in [-0.1, -0.05) is 30.3 Å². The molecule has 0 aliphatic heterocycles. The van der Waals surface area contributed by atoms with Crippen LogP contribution in [0.25, 0.3) is 0 Å². The number of methoxy groups -OCH3 is 1. The van der Waals surface area contributed by atoms with Gasteiger partial charge in [0, 0.05) is 18.0 Å². The molecule has 0 bridgehead atoms. The second-order valence-electron chi connectivity index (χ2n) is 5.55. The van der Waals surface area contributed by atoms with Crippen molar-refractivity contribution in [1.82, 2.24) is 5.32 Å². The number of carboxylic acids is 1. The van der Waals surface area contributed by atoms with E-state index in [1.165, 1.54) is 0 Å². The first-order valence-electron chi connectivity index (χ1n) is 7.72. The zero-order valence-corrected chi connectivity index (χ0v) is 13.7. The number of nitrogens with one attached hydrogen (secondary N) is 1. The van der Waals surface area contributed by atoms with Gasteiger partial charge < -0.3 is 9.84 Å². The summed E-state index contributed by atoms with van der Waals surface area (Å²) in [6.45, 7) is 1.88. The molecule has 5 nitrogen and oxygen atoms in total. The Kier molecular flexibility index (Phi) is 6.09. The summed E-state index contributed by atoms with van der Waals surface area (Å²) < 4.78 is 5.05. The largest absolute Gasteiger partial charge is 0.497 e. The second kappa shape index (κ2) is 8.26. The average Bonchev–Trinajstić information content (AvgIpc) is 2.61. The van der Waals surface area contributed by atoms with Crippen molar-refractivity contribution < 1.29 is 19.4 Å². The highest BCUT2D eigenvalue weighted by Crippen LogP contribution is 2.16. The van der Waals surface area contributed by atoms with Crippen LogP contribution in [-0.2, 0) is 4.79 Å². The minimum atomic E-state index is -1.04. The molecule has 2 rings (SSSR count). The van der Waals surface area contributed by atoms with E-state index in [1.54, 1.807) is 31.4 Å². The predicted octanol–water partition coefficient (Wildman–Crippen LogP) is 3.07. The Bertz CT molecular complexity index is 682. The van der Waals surface area contributed by atoms with Gasteiger partial charge in [0.05, 0.1) is 7.11 Å². The molecule has 0 amide bonds. The smallest absolute Gasteiger partial charge is 0.321 e. The molecule has 0 radical (unpaired) electrons. The highest BCUT2D eigenvalue weighted by atomic mass is 16.5. The summed E-state index contributed by atoms with van der Waals surface area (Å²) in [4.78, 5) is 23.8. The molecule has 2 aromatic carbocycles. The van der Waals surface area contributed by atoms with Crippen molar-refractivity contribution in [3.8, 4) is 5.75 Å². The van der Waals surface area contributed by atoms with E-state index in [2.05, 4.69) is 5.32 Å². The third kappa shape index (κ3) is 4.67. The standard InChI is InChI=1S/C19H21NO4/c1-13(14-6-4-3-5-7-14)20-17(19(22)23)12-18(21)15-8-10-16(24-2)11-9-15/h3-11,13,17,20H,12H2,1-2H3,(H,22,23)/t13-,17-/m1/s1. The van der Waals surface area contributed by atoms with Gasteiger partial charge in [0.25, 0.3) is 0 Å². The van der Waals surface area contributed by atoms with Gasteiger partial charge in [-0.3, -0.25) is 14.9 Å². The van der Waals surface area contributed by atoms with Crippen LogP contribution in [0.4, 0.5) is 0 Å². The normalized spacial score (nSPS) is 13.1. The first-order valence-corrected chi connectivity index (χ1v) is 7.72. The van der Waals surface area contributed by atoms with Crippen LogP contribution >= 0.6 is 0 Å². The monoisotopic (exact) mass is 327 g/mol. The van der Waals surface area contributed by atoms with Gasteiger partial charge in [-0.05, 0) is 36.8 Å². The van der Waals surface area contributed by atoms with E-state index in [9.17, 15) is 14.7 Å². The quantitative estimate of drug-likeness (QED) is 0.729. The molecule has 0 aromatic heterocycles. The lowest BCUT2D eigenvalue weighted by molar-refractivity contribution is -0.139. The van der Waals surface area contributed by atoms with Gasteiger partial charge in [-0.25, -0.2) is 0 Å². The van der Waals surface area contributed by atoms with Crippen molar-refractivity contribution in [3.63, 3.8) is 0 Å². The number of ether oxygens (including phenoxy) is 1. The molecule has 5 heteroatoms. The predicted molar refractivity (Wildman–Crippen MR) is 91.4 cm³/mol. The summed E-state index contributed by atoms with van der Waals surface area (Å²) in [5.74, 6) is -0.616. The van der Waals surface area contributed by atoms with Gasteiger partial charge in [0.15, 0.2) is 5.78 Å². The van der Waals surface area contributed by atoms with Crippen molar-refractivity contribution in [2.24, 2.45) is 0 Å². The number of carbonyl (C=O) groups excluding carboxylic acids is 1. The lowest BCUT2D eigenvalue weighted by atomic mass is 10.0. The van der Waals surface area contributed by atoms with Crippen LogP contribution < -0.4 is 10.1 Å². The fourth-order valence-corrected chi connectivity index (χ4v) is 2.44. The van der Waals surface area contributed by atoms with Crippen LogP contribution in [0.1, 0.15) is 35.3 Å². The molecular weight excluding hydrogens is 306 g/mol. The number of ketones is 1. The number of Topliss-reactive ketones (excluding diaryl/α,β-unsaturated/α-hetero) is 1. The first kappa shape index (κ1) is 17.7. The lowest BCUT2D eigenvalue weighted by Crippen LogP contribution is -2.40. The molecule has 2 aromatic rings. The van der Waals surface area contributed by atoms with Crippen LogP contribution in [0, 0.1) is 0 Å². The van der Waals surface area contributed by atoms with Gasteiger partial charge in [0.1, 0.15) is 11.8 Å². The summed E-state index contributed by atoms with van der Waals surface area (Å²) >= 11 is 0. The van der Waals surface area contributed by atoms with E-state index in [0.717, 1.165) is 5.56 Å². The van der Waals surface area contributed by atoms with Crippen LogP contribution in [0.5, 0.6) is 5.75 Å². The molecule has 0 heterocycles. The van der Waals surface area contributed by atoms with Crippen molar-refractivity contribution >= 4 is 11.8 Å². The van der Waals surface area contributed by atoms with Gasteiger partial charge in [0.2, 0.25) is 0 Å². The van der Waals surface area contributed by atoms with Crippen LogP contribution in [0.3, 0.4) is 0 Å². The van der Waals surface area contributed by atoms with Crippen molar-refractivity contribution in [1.29, 1.82) is 0 Å². The number of hydrogen-bond donors (Lipinski definition) is 2. The van der Waals surface area contributed by atoms with Crippen LogP contribution in [-0.4, -0.2) is 30.0 Å². The Balaban J connectivity index is 2.04. The van der Waals surface area contributed by atoms with Crippen molar-refractivity contribution in [2.45, 2.75) is 25.4 Å². The van der Waals surface area contributed by atoms with E-state index in [0.29, 0.717) is 11.3 Å². The van der Waals surface area contributed by atoms with Crippen LogP contribution in [0.2, 0.25) is 0 Å². The first-order chi connectivity index (χ1) is 11.5. The van der Waals surface area contributed by atoms with E-state index in [-0.39, 0.29) is 18.2 Å². The topological polar surface area (TPSA) is 75.6 Å². The molecule has 2 N–H and O–H groups in total. The summed E-state index contributed by atoms with van der Waals surface area (Å²) in [6, 6.07) is 15.1. The molecule has 0 aliphatic carbocycles. The molecule has 0 saturated heterocycles. The number of rotatable bonds is 8. The van der Waals surface area contributed by atoms with E-state index in [1.807, 2.05) is 37.3 Å². The van der Waals surface area contributed by atoms with E-state index < -0.39 is 12.0 Å². The number of carboxylic acid groups (broad SMARTS) is 1. The number of aliphatic carboxylic acids is 1. The summed E-state index contributed by atoms with van der Waals surface area (Å²) in [5.41, 5.74) is 1.44. The van der Waals surface area contributed by atoms with Crippen LogP contribution in [0.15, 0.2) is 54.6 Å². The number of hydrogen-bond acceptors (Lipinski definition) is 4. The summed E-state index contributed by atoms with van der Waals surface area (Å²) in [7, 11) is 1.55. The zero-order valence-electron chi connectivity index (χ0n) is 13.7. The maximum atomic E-state index is 12.3. The van der Waals surface area contributed by atoms with Gasteiger partial charge in [-0.15, -0.1) is 0 Å². The molecule has 24 heavy (non-hydrogen) atoms. The van der Waals surface area contributed by atoms with Gasteiger partial charge >= 0.3 is 5.97 Å². The molecular formula is C19H21NO4. The maximum absolute atomic E-state index is 12.3. The van der Waals surface area contributed by atoms with E-state index in [4.69, 9.17) is 4.74 Å². The maximum Gasteiger partial charge on any atom is 0.321 e. The summed E-state index contributed by atoms with van der Waals surface area (Å²) in [6.07, 6.45) is -0.112. The van der Waals surface area contributed by atoms with E-state index >= 15 is 0 Å². The number of benzene rings is 2. The Morgan fingerprint density at radius 1 is 1.08 bits per heavy atom. The Morgan fingerprint density at radius 3 is 2.25 bits per heavy atom. The fraction of sp³-hybridized carbons (Fsp3) is 0.263. The van der Waals surface area contributed by atoms with Crippen molar-refractivity contribution in [3.05, 3.63) is 65.7 Å². The SMILES string of the molecule is COc1ccc(C(=O)C[C@@H](N[C@H](C)c2ccccc2)C(=O)O)cc1. The third-order valence-electron chi connectivity index (χ3n) is 3.85. The molecule has 126 valence electrons. The second-order valence-corrected chi connectivity index (χ2v) is 5.55. The molecule has 2 atom stereocenters. The van der Waals surface area contributed by atoms with Crippen molar-refractivity contribution in [2.75, 3.05) is 7.11 Å². The molecule has 0 spiro atoms. The Hall–Kier alpha value is -2.66. The summed E-state index contributed by atoms with van der Waals surface area (Å²) in [5, 5.41) is 12.4. The average molecular weight is 327 g/mol. The highest BCUT2D eigenvalue weighted by molar-refractivity contribution is 5.98. The molecule has 0 fully saturated rings. The highest BCUT2D eigenvalue weighted by Gasteiger charge is 2.24. The minimum absolute atomic E-state index is 0.112.